The van der Waals surface area contributed by atoms with Gasteiger partial charge < -0.3 is 14.3 Å². The summed E-state index contributed by atoms with van der Waals surface area (Å²) in [7, 11) is 0. The van der Waals surface area contributed by atoms with E-state index in [4.69, 9.17) is 4.52 Å². The summed E-state index contributed by atoms with van der Waals surface area (Å²) in [5.74, 6) is 1.61. The molecule has 0 spiro atoms. The molecule has 25 heavy (non-hydrogen) atoms. The van der Waals surface area contributed by atoms with Crippen molar-refractivity contribution in [2.45, 2.75) is 52.0 Å². The molecule has 2 heterocycles. The van der Waals surface area contributed by atoms with Crippen molar-refractivity contribution < 1.29 is 14.1 Å². The molecule has 2 fully saturated rings. The van der Waals surface area contributed by atoms with Crippen LogP contribution in [-0.4, -0.2) is 52.4 Å². The largest absolute Gasteiger partial charge is 0.384 e. The average Bonchev–Trinajstić information content (AvgIpc) is 3.32. The molecule has 3 rings (SSSR count). The van der Waals surface area contributed by atoms with Crippen molar-refractivity contribution in [1.82, 2.24) is 15.0 Å². The molecular weight excluding hydrogens is 322 g/mol. The maximum atomic E-state index is 12.6. The van der Waals surface area contributed by atoms with Gasteiger partial charge in [0.25, 0.3) is 5.56 Å². The van der Waals surface area contributed by atoms with E-state index < -0.39 is 0 Å². The van der Waals surface area contributed by atoms with Crippen LogP contribution in [0.2, 0.25) is 0 Å². The molecule has 1 aromatic heterocycles. The number of hydrogen-bond donors (Lipinski definition) is 1. The molecule has 1 aromatic rings. The molecule has 7 nitrogen and oxygen atoms in total. The molecule has 7 heteroatoms. The first-order valence-electron chi connectivity index (χ1n) is 9.18. The van der Waals surface area contributed by atoms with Crippen LogP contribution >= 0.6 is 0 Å². The van der Waals surface area contributed by atoms with Crippen molar-refractivity contribution in [3.05, 3.63) is 22.2 Å². The van der Waals surface area contributed by atoms with Gasteiger partial charge in [-0.05, 0) is 24.7 Å². The Hall–Kier alpha value is -2.05. The molecule has 1 N–H and O–H groups in total. The van der Waals surface area contributed by atoms with Crippen molar-refractivity contribution in [3.63, 3.8) is 0 Å². The Balaban J connectivity index is 1.63. The van der Waals surface area contributed by atoms with Crippen molar-refractivity contribution in [2.75, 3.05) is 19.6 Å². The Morgan fingerprint density at radius 3 is 2.72 bits per heavy atom. The normalized spacial score (nSPS) is 21.7. The third-order valence-electron chi connectivity index (χ3n) is 5.16. The second-order valence-electron chi connectivity index (χ2n) is 7.57. The Labute approximate surface area is 147 Å². The summed E-state index contributed by atoms with van der Waals surface area (Å²) in [5, 5.41) is 2.23. The fourth-order valence-electron chi connectivity index (χ4n) is 3.42. The fraction of sp³-hybridized carbons (Fsp3) is 0.722. The van der Waals surface area contributed by atoms with Crippen LogP contribution < -0.4 is 5.56 Å². The van der Waals surface area contributed by atoms with E-state index in [9.17, 15) is 14.4 Å². The van der Waals surface area contributed by atoms with Gasteiger partial charge in [-0.2, -0.15) is 5.16 Å². The van der Waals surface area contributed by atoms with E-state index in [0.717, 1.165) is 6.54 Å². The van der Waals surface area contributed by atoms with Gasteiger partial charge in [0.05, 0.1) is 6.04 Å². The minimum absolute atomic E-state index is 0.00979. The molecule has 1 aliphatic heterocycles. The van der Waals surface area contributed by atoms with E-state index in [1.165, 1.54) is 18.9 Å². The second kappa shape index (κ2) is 7.45. The number of aromatic amines is 1. The van der Waals surface area contributed by atoms with Gasteiger partial charge in [0.1, 0.15) is 5.76 Å². The zero-order valence-corrected chi connectivity index (χ0v) is 15.0. The summed E-state index contributed by atoms with van der Waals surface area (Å²) in [6.45, 7) is 6.12. The van der Waals surface area contributed by atoms with E-state index in [1.54, 1.807) is 4.90 Å². The monoisotopic (exact) mass is 349 g/mol. The van der Waals surface area contributed by atoms with Crippen molar-refractivity contribution >= 4 is 11.8 Å². The first kappa shape index (κ1) is 17.8. The molecule has 0 unspecified atom stereocenters. The van der Waals surface area contributed by atoms with Gasteiger partial charge >= 0.3 is 0 Å². The highest BCUT2D eigenvalue weighted by atomic mass is 16.5. The quantitative estimate of drug-likeness (QED) is 0.841. The summed E-state index contributed by atoms with van der Waals surface area (Å²) in [4.78, 5) is 40.1. The molecule has 0 aromatic carbocycles. The fourth-order valence-corrected chi connectivity index (χ4v) is 3.42. The minimum Gasteiger partial charge on any atom is -0.384 e. The second-order valence-corrected chi connectivity index (χ2v) is 7.57. The van der Waals surface area contributed by atoms with E-state index in [-0.39, 0.29) is 29.8 Å². The first-order chi connectivity index (χ1) is 11.9. The van der Waals surface area contributed by atoms with Crippen molar-refractivity contribution in [3.8, 4) is 0 Å². The lowest BCUT2D eigenvalue weighted by Crippen LogP contribution is -2.48. The molecule has 2 aliphatic rings. The number of aromatic nitrogens is 1. The molecule has 1 saturated heterocycles. The molecule has 1 atom stereocenters. The zero-order chi connectivity index (χ0) is 18.0. The Kier molecular flexibility index (Phi) is 5.30. The Morgan fingerprint density at radius 1 is 1.36 bits per heavy atom. The number of carbonyl (C=O) groups is 2. The molecule has 0 radical (unpaired) electrons. The smallest absolute Gasteiger partial charge is 0.280 e. The van der Waals surface area contributed by atoms with Crippen LogP contribution in [0, 0.1) is 11.8 Å². The number of amides is 2. The highest BCUT2D eigenvalue weighted by Crippen LogP contribution is 2.32. The number of carbonyl (C=O) groups excluding carboxylic acids is 2. The van der Waals surface area contributed by atoms with Crippen LogP contribution in [0.3, 0.4) is 0 Å². The Morgan fingerprint density at radius 2 is 2.12 bits per heavy atom. The third kappa shape index (κ3) is 4.52. The lowest BCUT2D eigenvalue weighted by Gasteiger charge is -2.34. The Bertz CT molecular complexity index is 674. The van der Waals surface area contributed by atoms with Gasteiger partial charge in [0.15, 0.2) is 0 Å². The highest BCUT2D eigenvalue weighted by molar-refractivity contribution is 5.80. The standard InChI is InChI=1S/C18H27N3O4/c1-12(2)15-11-20(8-7-18(24)21(15)10-13-3-4-13)17(23)6-5-14-9-16(22)19-25-14/h9,12-13,15H,3-8,10-11H2,1-2H3,(H,19,22)/t15-/m0/s1. The van der Waals surface area contributed by atoms with E-state index in [1.807, 2.05) is 4.90 Å². The SMILES string of the molecule is CC(C)[C@@H]1CN(C(=O)CCc2cc(=O)[nH]o2)CCC(=O)N1CC1CC1. The molecule has 0 bridgehead atoms. The van der Waals surface area contributed by atoms with Crippen LogP contribution in [0.15, 0.2) is 15.4 Å². The zero-order valence-electron chi connectivity index (χ0n) is 15.0. The summed E-state index contributed by atoms with van der Waals surface area (Å²) in [6.07, 6.45) is 3.47. The van der Waals surface area contributed by atoms with Gasteiger partial charge in [0.2, 0.25) is 11.8 Å². The molecule has 2 amide bonds. The van der Waals surface area contributed by atoms with Crippen LogP contribution in [0.1, 0.15) is 45.3 Å². The lowest BCUT2D eigenvalue weighted by molar-refractivity contribution is -0.134. The van der Waals surface area contributed by atoms with E-state index >= 15 is 0 Å². The molecule has 1 saturated carbocycles. The van der Waals surface area contributed by atoms with Crippen LogP contribution in [0.5, 0.6) is 0 Å². The molecule has 1 aliphatic carbocycles. The number of hydrogen-bond acceptors (Lipinski definition) is 4. The maximum Gasteiger partial charge on any atom is 0.280 e. The van der Waals surface area contributed by atoms with Gasteiger partial charge in [-0.1, -0.05) is 13.8 Å². The highest BCUT2D eigenvalue weighted by Gasteiger charge is 2.36. The number of nitrogens with zero attached hydrogens (tertiary/aromatic N) is 2. The van der Waals surface area contributed by atoms with E-state index in [2.05, 4.69) is 19.0 Å². The predicted octanol–water partition coefficient (Wildman–Crippen LogP) is 1.40. The molecular formula is C18H27N3O4. The first-order valence-corrected chi connectivity index (χ1v) is 9.18. The van der Waals surface area contributed by atoms with Gasteiger partial charge in [-0.3, -0.25) is 14.4 Å². The van der Waals surface area contributed by atoms with Crippen molar-refractivity contribution in [1.29, 1.82) is 0 Å². The number of aryl methyl sites for hydroxylation is 1. The summed E-state index contributed by atoms with van der Waals surface area (Å²) in [6, 6.07) is 1.44. The van der Waals surface area contributed by atoms with Crippen LogP contribution in [0.25, 0.3) is 0 Å². The van der Waals surface area contributed by atoms with Crippen LogP contribution in [-0.2, 0) is 16.0 Å². The predicted molar refractivity (Wildman–Crippen MR) is 91.9 cm³/mol. The van der Waals surface area contributed by atoms with Crippen molar-refractivity contribution in [2.24, 2.45) is 11.8 Å². The third-order valence-corrected chi connectivity index (χ3v) is 5.16. The summed E-state index contributed by atoms with van der Waals surface area (Å²) >= 11 is 0. The number of H-pyrrole nitrogens is 1. The number of nitrogens with one attached hydrogen (secondary N) is 1. The van der Waals surface area contributed by atoms with Gasteiger partial charge in [-0.25, -0.2) is 0 Å². The summed E-state index contributed by atoms with van der Waals surface area (Å²) in [5.41, 5.74) is -0.293. The maximum absolute atomic E-state index is 12.6. The van der Waals surface area contributed by atoms with Gasteiger partial charge in [-0.15, -0.1) is 0 Å². The average molecular weight is 349 g/mol. The topological polar surface area (TPSA) is 86.6 Å². The lowest BCUT2D eigenvalue weighted by atomic mass is 10.0. The minimum atomic E-state index is -0.293. The summed E-state index contributed by atoms with van der Waals surface area (Å²) < 4.78 is 5.00. The number of rotatable bonds is 6. The van der Waals surface area contributed by atoms with E-state index in [0.29, 0.717) is 43.5 Å². The molecule has 138 valence electrons. The van der Waals surface area contributed by atoms with Gasteiger partial charge in [0, 0.05) is 45.0 Å². The van der Waals surface area contributed by atoms with Crippen LogP contribution in [0.4, 0.5) is 0 Å².